The first-order valence-corrected chi connectivity index (χ1v) is 12.1. The molecule has 0 aliphatic heterocycles. The molecule has 174 valence electrons. The summed E-state index contributed by atoms with van der Waals surface area (Å²) in [5.74, 6) is 0.457. The van der Waals surface area contributed by atoms with Crippen LogP contribution < -0.4 is 20.3 Å². The lowest BCUT2D eigenvalue weighted by molar-refractivity contribution is -0.116. The standard InChI is InChI=1S/C23H23BrN2O6S/c1-14-9-15(2)26(13-21(27)25-17-10-18(31-3)12-19(11-17)32-4)23(28)22(14)33(29,30)20-7-5-16(24)6-8-20/h5-12H,13H2,1-4H3,(H,25,27). The highest BCUT2D eigenvalue weighted by Gasteiger charge is 2.26. The number of carbonyl (C=O) groups excluding carboxylic acids is 1. The van der Waals surface area contributed by atoms with Crippen molar-refractivity contribution in [2.45, 2.75) is 30.2 Å². The molecule has 0 saturated carbocycles. The number of sulfone groups is 1. The van der Waals surface area contributed by atoms with Gasteiger partial charge in [0, 0.05) is 34.1 Å². The number of halogens is 1. The third kappa shape index (κ3) is 5.28. The van der Waals surface area contributed by atoms with Crippen molar-refractivity contribution in [3.8, 4) is 11.5 Å². The van der Waals surface area contributed by atoms with E-state index in [-0.39, 0.29) is 16.3 Å². The zero-order chi connectivity index (χ0) is 24.3. The smallest absolute Gasteiger partial charge is 0.270 e. The number of nitrogens with one attached hydrogen (secondary N) is 1. The maximum absolute atomic E-state index is 13.2. The SMILES string of the molecule is COc1cc(NC(=O)Cn2c(C)cc(C)c(S(=O)(=O)c3ccc(Br)cc3)c2=O)cc(OC)c1. The normalized spacial score (nSPS) is 11.2. The Hall–Kier alpha value is -3.11. The predicted octanol–water partition coefficient (Wildman–Crippen LogP) is 3.72. The quantitative estimate of drug-likeness (QED) is 0.495. The molecule has 10 heteroatoms. The fraction of sp³-hybridized carbons (Fsp3) is 0.217. The lowest BCUT2D eigenvalue weighted by atomic mass is 10.2. The van der Waals surface area contributed by atoms with E-state index in [2.05, 4.69) is 21.2 Å². The van der Waals surface area contributed by atoms with Crippen LogP contribution in [-0.2, 0) is 21.2 Å². The summed E-state index contributed by atoms with van der Waals surface area (Å²) >= 11 is 3.27. The van der Waals surface area contributed by atoms with Crippen LogP contribution in [-0.4, -0.2) is 33.1 Å². The number of amides is 1. The van der Waals surface area contributed by atoms with Crippen molar-refractivity contribution in [2.24, 2.45) is 0 Å². The second-order valence-corrected chi connectivity index (χ2v) is 10.1. The fourth-order valence-electron chi connectivity index (χ4n) is 3.39. The molecule has 3 aromatic rings. The summed E-state index contributed by atoms with van der Waals surface area (Å²) in [7, 11) is -1.11. The van der Waals surface area contributed by atoms with Crippen LogP contribution in [0.25, 0.3) is 0 Å². The minimum Gasteiger partial charge on any atom is -0.497 e. The van der Waals surface area contributed by atoms with Crippen LogP contribution >= 0.6 is 15.9 Å². The Labute approximate surface area is 200 Å². The Morgan fingerprint density at radius 1 is 1.00 bits per heavy atom. The van der Waals surface area contributed by atoms with Gasteiger partial charge in [-0.05, 0) is 49.7 Å². The highest BCUT2D eigenvalue weighted by atomic mass is 79.9. The summed E-state index contributed by atoms with van der Waals surface area (Å²) < 4.78 is 38.7. The molecule has 0 bridgehead atoms. The van der Waals surface area contributed by atoms with Crippen LogP contribution in [0.2, 0.25) is 0 Å². The molecule has 1 heterocycles. The second-order valence-electron chi connectivity index (χ2n) is 7.30. The monoisotopic (exact) mass is 534 g/mol. The number of nitrogens with zero attached hydrogens (tertiary/aromatic N) is 1. The van der Waals surface area contributed by atoms with Crippen LogP contribution in [0.5, 0.6) is 11.5 Å². The van der Waals surface area contributed by atoms with E-state index in [0.717, 1.165) is 4.57 Å². The number of anilines is 1. The molecule has 3 rings (SSSR count). The summed E-state index contributed by atoms with van der Waals surface area (Å²) in [5.41, 5.74) is 0.436. The average Bonchev–Trinajstić information content (AvgIpc) is 2.76. The number of rotatable bonds is 7. The van der Waals surface area contributed by atoms with E-state index in [1.54, 1.807) is 50.2 Å². The van der Waals surface area contributed by atoms with E-state index >= 15 is 0 Å². The highest BCUT2D eigenvalue weighted by Crippen LogP contribution is 2.26. The molecule has 8 nitrogen and oxygen atoms in total. The van der Waals surface area contributed by atoms with Gasteiger partial charge in [0.2, 0.25) is 15.7 Å². The van der Waals surface area contributed by atoms with Gasteiger partial charge in [0.15, 0.2) is 0 Å². The van der Waals surface area contributed by atoms with Gasteiger partial charge in [0.1, 0.15) is 22.9 Å². The number of hydrogen-bond donors (Lipinski definition) is 1. The number of ether oxygens (including phenoxy) is 2. The first kappa shape index (κ1) is 24.5. The molecule has 2 aromatic carbocycles. The second kappa shape index (κ2) is 9.80. The van der Waals surface area contributed by atoms with Crippen molar-refractivity contribution in [2.75, 3.05) is 19.5 Å². The van der Waals surface area contributed by atoms with E-state index in [1.807, 2.05) is 0 Å². The van der Waals surface area contributed by atoms with Crippen molar-refractivity contribution in [1.82, 2.24) is 4.57 Å². The Kier molecular flexibility index (Phi) is 7.28. The molecule has 0 unspecified atom stereocenters. The number of aromatic nitrogens is 1. The molecule has 0 aliphatic carbocycles. The van der Waals surface area contributed by atoms with Gasteiger partial charge < -0.3 is 19.4 Å². The van der Waals surface area contributed by atoms with Gasteiger partial charge in [-0.25, -0.2) is 8.42 Å². The third-order valence-electron chi connectivity index (χ3n) is 4.98. The van der Waals surface area contributed by atoms with E-state index in [0.29, 0.717) is 32.9 Å². The molecular weight excluding hydrogens is 512 g/mol. The summed E-state index contributed by atoms with van der Waals surface area (Å²) in [6, 6.07) is 12.5. The first-order chi connectivity index (χ1) is 15.6. The van der Waals surface area contributed by atoms with Gasteiger partial charge in [-0.1, -0.05) is 15.9 Å². The Morgan fingerprint density at radius 3 is 2.12 bits per heavy atom. The minimum atomic E-state index is -4.09. The molecule has 0 fully saturated rings. The summed E-state index contributed by atoms with van der Waals surface area (Å²) in [5, 5.41) is 2.69. The van der Waals surface area contributed by atoms with Crippen molar-refractivity contribution in [1.29, 1.82) is 0 Å². The van der Waals surface area contributed by atoms with E-state index in [9.17, 15) is 18.0 Å². The van der Waals surface area contributed by atoms with Gasteiger partial charge >= 0.3 is 0 Å². The molecule has 0 atom stereocenters. The topological polar surface area (TPSA) is 104 Å². The van der Waals surface area contributed by atoms with E-state index in [4.69, 9.17) is 9.47 Å². The van der Waals surface area contributed by atoms with Crippen LogP contribution in [0.1, 0.15) is 11.3 Å². The first-order valence-electron chi connectivity index (χ1n) is 9.81. The summed E-state index contributed by atoms with van der Waals surface area (Å²) in [4.78, 5) is 25.6. The maximum atomic E-state index is 13.2. The minimum absolute atomic E-state index is 0.00534. The zero-order valence-electron chi connectivity index (χ0n) is 18.5. The molecule has 0 aliphatic rings. The van der Waals surface area contributed by atoms with Crippen molar-refractivity contribution < 1.29 is 22.7 Å². The molecule has 33 heavy (non-hydrogen) atoms. The highest BCUT2D eigenvalue weighted by molar-refractivity contribution is 9.10. The van der Waals surface area contributed by atoms with Gasteiger partial charge in [-0.2, -0.15) is 0 Å². The molecule has 1 amide bonds. The third-order valence-corrected chi connectivity index (χ3v) is 7.43. The van der Waals surface area contributed by atoms with Crippen LogP contribution in [0.3, 0.4) is 0 Å². The Morgan fingerprint density at radius 2 is 1.58 bits per heavy atom. The van der Waals surface area contributed by atoms with Crippen LogP contribution in [0, 0.1) is 13.8 Å². The number of aryl methyl sites for hydroxylation is 2. The molecular formula is C23H23BrN2O6S. The lowest BCUT2D eigenvalue weighted by Crippen LogP contribution is -2.33. The van der Waals surface area contributed by atoms with Gasteiger partial charge in [-0.3, -0.25) is 9.59 Å². The lowest BCUT2D eigenvalue weighted by Gasteiger charge is -2.15. The predicted molar refractivity (Wildman–Crippen MR) is 128 cm³/mol. The molecule has 0 spiro atoms. The molecule has 1 aromatic heterocycles. The Bertz CT molecular complexity index is 1340. The number of benzene rings is 2. The van der Waals surface area contributed by atoms with Crippen LogP contribution in [0.15, 0.2) is 67.6 Å². The van der Waals surface area contributed by atoms with Crippen molar-refractivity contribution in [3.05, 3.63) is 74.6 Å². The zero-order valence-corrected chi connectivity index (χ0v) is 20.9. The van der Waals surface area contributed by atoms with Crippen molar-refractivity contribution >= 4 is 37.4 Å². The fourth-order valence-corrected chi connectivity index (χ4v) is 5.20. The largest absolute Gasteiger partial charge is 0.497 e. The number of methoxy groups -OCH3 is 2. The van der Waals surface area contributed by atoms with Crippen LogP contribution in [0.4, 0.5) is 5.69 Å². The number of pyridine rings is 1. The van der Waals surface area contributed by atoms with Gasteiger partial charge in [0.05, 0.1) is 19.1 Å². The molecule has 0 radical (unpaired) electrons. The number of hydrogen-bond acceptors (Lipinski definition) is 6. The van der Waals surface area contributed by atoms with E-state index in [1.165, 1.54) is 26.4 Å². The summed E-state index contributed by atoms with van der Waals surface area (Å²) in [6.45, 7) is 2.84. The maximum Gasteiger partial charge on any atom is 0.270 e. The van der Waals surface area contributed by atoms with Gasteiger partial charge in [0.25, 0.3) is 5.56 Å². The average molecular weight is 535 g/mol. The molecule has 1 N–H and O–H groups in total. The van der Waals surface area contributed by atoms with Gasteiger partial charge in [-0.15, -0.1) is 0 Å². The number of carbonyl (C=O) groups is 1. The van der Waals surface area contributed by atoms with Crippen molar-refractivity contribution in [3.63, 3.8) is 0 Å². The van der Waals surface area contributed by atoms with E-state index < -0.39 is 21.3 Å². The summed E-state index contributed by atoms with van der Waals surface area (Å²) in [6.07, 6.45) is 0. The Balaban J connectivity index is 1.97. The molecule has 0 saturated heterocycles.